The van der Waals surface area contributed by atoms with Crippen LogP contribution in [0.2, 0.25) is 36.3 Å². The molecule has 0 aromatic heterocycles. The van der Waals surface area contributed by atoms with Crippen LogP contribution in [0.15, 0.2) is 0 Å². The number of hydrogen-bond acceptors (Lipinski definition) is 0. The molecule has 0 heterocycles. The molecule has 0 aromatic carbocycles. The van der Waals surface area contributed by atoms with Crippen molar-refractivity contribution in [1.82, 2.24) is 0 Å². The van der Waals surface area contributed by atoms with Gasteiger partial charge < -0.3 is 4.65 Å². The molecule has 0 aliphatic heterocycles. The van der Waals surface area contributed by atoms with Crippen LogP contribution >= 0.6 is 0 Å². The van der Waals surface area contributed by atoms with E-state index in [1.165, 1.54) is 74.8 Å². The van der Waals surface area contributed by atoms with E-state index in [0.717, 1.165) is 0 Å². The van der Waals surface area contributed by atoms with Crippen molar-refractivity contribution in [1.29, 1.82) is 0 Å². The molecule has 0 bridgehead atoms. The predicted molar refractivity (Wildman–Crippen MR) is 105 cm³/mol. The Kier molecular flexibility index (Phi) is 17.1. The smallest absolute Gasteiger partial charge is 0.666 e. The van der Waals surface area contributed by atoms with Gasteiger partial charge in [0.2, 0.25) is 0 Å². The maximum Gasteiger partial charge on any atom is 1.00 e. The summed E-state index contributed by atoms with van der Waals surface area (Å²) in [7, 11) is -2.71. The molecule has 128 valence electrons. The molecule has 1 nitrogen and oxygen atoms in total. The van der Waals surface area contributed by atoms with Crippen LogP contribution in [0.25, 0.3) is 4.65 Å². The van der Waals surface area contributed by atoms with Gasteiger partial charge in [0.05, 0.1) is 0 Å². The predicted octanol–water partition coefficient (Wildman–Crippen LogP) is 4.72. The van der Waals surface area contributed by atoms with Gasteiger partial charge in [-0.25, -0.2) is 0 Å². The van der Waals surface area contributed by atoms with Gasteiger partial charge in [-0.15, -0.1) is 0 Å². The van der Waals surface area contributed by atoms with Gasteiger partial charge in [0.25, 0.3) is 0 Å². The quantitative estimate of drug-likeness (QED) is 0.402. The molecular weight excluding hydrogens is 309 g/mol. The SMILES string of the molecule is CCC[Si](CCC)(CCC)[N-][Si](CCC)(CCC)CCC.[Na+]. The summed E-state index contributed by atoms with van der Waals surface area (Å²) in [5.41, 5.74) is 0. The van der Waals surface area contributed by atoms with Gasteiger partial charge in [-0.1, -0.05) is 133 Å². The van der Waals surface area contributed by atoms with Crippen LogP contribution in [-0.4, -0.2) is 16.5 Å². The molecule has 0 spiro atoms. The second-order valence-corrected chi connectivity index (χ2v) is 15.9. The van der Waals surface area contributed by atoms with Crippen molar-refractivity contribution in [2.45, 2.75) is 116 Å². The summed E-state index contributed by atoms with van der Waals surface area (Å²) in [6, 6.07) is 8.75. The van der Waals surface area contributed by atoms with Gasteiger partial charge in [0.15, 0.2) is 0 Å². The Morgan fingerprint density at radius 1 is 0.455 bits per heavy atom. The molecule has 0 aromatic rings. The van der Waals surface area contributed by atoms with Crippen LogP contribution in [0.4, 0.5) is 0 Å². The largest absolute Gasteiger partial charge is 1.00 e. The van der Waals surface area contributed by atoms with Crippen molar-refractivity contribution >= 4 is 16.5 Å². The van der Waals surface area contributed by atoms with Crippen LogP contribution in [-0.2, 0) is 0 Å². The molecule has 0 fully saturated rings. The van der Waals surface area contributed by atoms with E-state index in [4.69, 9.17) is 4.65 Å². The van der Waals surface area contributed by atoms with Gasteiger partial charge in [-0.3, -0.25) is 0 Å². The number of nitrogens with zero attached hydrogens (tertiary/aromatic N) is 1. The van der Waals surface area contributed by atoms with Crippen molar-refractivity contribution < 1.29 is 29.6 Å². The Hall–Kier alpha value is 1.39. The van der Waals surface area contributed by atoms with Crippen LogP contribution in [0.3, 0.4) is 0 Å². The van der Waals surface area contributed by atoms with E-state index in [9.17, 15) is 0 Å². The molecule has 0 rings (SSSR count). The van der Waals surface area contributed by atoms with Gasteiger partial charge in [0.1, 0.15) is 0 Å². The summed E-state index contributed by atoms with van der Waals surface area (Å²) in [5.74, 6) is 0. The van der Waals surface area contributed by atoms with E-state index >= 15 is 0 Å². The van der Waals surface area contributed by atoms with Crippen molar-refractivity contribution in [3.8, 4) is 0 Å². The maximum absolute atomic E-state index is 5.96. The monoisotopic (exact) mass is 351 g/mol. The molecule has 0 atom stereocenters. The minimum atomic E-state index is -1.36. The molecule has 0 unspecified atom stereocenters. The van der Waals surface area contributed by atoms with Crippen molar-refractivity contribution in [3.63, 3.8) is 0 Å². The molecule has 4 heteroatoms. The average Bonchev–Trinajstić information content (AvgIpc) is 2.40. The van der Waals surface area contributed by atoms with E-state index in [-0.39, 0.29) is 29.6 Å². The summed E-state index contributed by atoms with van der Waals surface area (Å²) in [6.07, 6.45) is 8.11. The maximum atomic E-state index is 5.96. The van der Waals surface area contributed by atoms with Gasteiger partial charge in [-0.2, -0.15) is 0 Å². The molecule has 0 radical (unpaired) electrons. The third-order valence-corrected chi connectivity index (χ3v) is 17.1. The zero-order valence-electron chi connectivity index (χ0n) is 16.9. The first-order valence-electron chi connectivity index (χ1n) is 9.81. The van der Waals surface area contributed by atoms with E-state index in [1.54, 1.807) is 0 Å². The Labute approximate surface area is 166 Å². The van der Waals surface area contributed by atoms with Crippen LogP contribution in [0.1, 0.15) is 80.1 Å². The summed E-state index contributed by atoms with van der Waals surface area (Å²) in [4.78, 5) is 0. The molecule has 0 amide bonds. The average molecular weight is 352 g/mol. The first-order valence-corrected chi connectivity index (χ1v) is 14.9. The summed E-state index contributed by atoms with van der Waals surface area (Å²) < 4.78 is 5.96. The van der Waals surface area contributed by atoms with Crippen molar-refractivity contribution in [2.24, 2.45) is 0 Å². The normalized spacial score (nSPS) is 12.3. The van der Waals surface area contributed by atoms with E-state index in [0.29, 0.717) is 0 Å². The molecular formula is C18H42NNaSi2. The fourth-order valence-corrected chi connectivity index (χ4v) is 18.2. The van der Waals surface area contributed by atoms with Gasteiger partial charge in [-0.05, 0) is 0 Å². The third kappa shape index (κ3) is 9.03. The fraction of sp³-hybridized carbons (Fsp3) is 1.00. The van der Waals surface area contributed by atoms with Gasteiger partial charge in [0, 0.05) is 0 Å². The summed E-state index contributed by atoms with van der Waals surface area (Å²) in [6.45, 7) is 14.3. The Morgan fingerprint density at radius 3 is 0.773 bits per heavy atom. The summed E-state index contributed by atoms with van der Waals surface area (Å²) >= 11 is 0. The summed E-state index contributed by atoms with van der Waals surface area (Å²) in [5, 5.41) is 0. The van der Waals surface area contributed by atoms with Crippen LogP contribution in [0, 0.1) is 0 Å². The van der Waals surface area contributed by atoms with E-state index in [2.05, 4.69) is 41.5 Å². The minimum absolute atomic E-state index is 0. The Morgan fingerprint density at radius 2 is 0.636 bits per heavy atom. The number of rotatable bonds is 14. The molecule has 0 aliphatic carbocycles. The number of hydrogen-bond donors (Lipinski definition) is 0. The minimum Gasteiger partial charge on any atom is -0.666 e. The van der Waals surface area contributed by atoms with E-state index in [1.807, 2.05) is 0 Å². The van der Waals surface area contributed by atoms with Gasteiger partial charge >= 0.3 is 29.6 Å². The zero-order valence-corrected chi connectivity index (χ0v) is 20.9. The van der Waals surface area contributed by atoms with Crippen LogP contribution < -0.4 is 29.6 Å². The molecule has 0 saturated carbocycles. The first-order chi connectivity index (χ1) is 10.1. The molecule has 0 saturated heterocycles. The Bertz CT molecular complexity index is 191. The first kappa shape index (κ1) is 25.6. The second kappa shape index (κ2) is 14.7. The Balaban J connectivity index is 0. The standard InChI is InChI=1S/C18H42NSi2.Na/c1-7-13-20(14-8-2,15-9-3)19-21(16-10-4,17-11-5)18-12-6;/h7-18H2,1-6H3;/q-1;+1. The second-order valence-electron chi connectivity index (χ2n) is 7.06. The third-order valence-electron chi connectivity index (χ3n) is 4.77. The van der Waals surface area contributed by atoms with Crippen molar-refractivity contribution in [2.75, 3.05) is 0 Å². The van der Waals surface area contributed by atoms with Crippen molar-refractivity contribution in [3.05, 3.63) is 4.65 Å². The molecule has 0 N–H and O–H groups in total. The topological polar surface area (TPSA) is 14.1 Å². The molecule has 22 heavy (non-hydrogen) atoms. The fourth-order valence-electron chi connectivity index (χ4n) is 4.38. The zero-order chi connectivity index (χ0) is 16.2. The van der Waals surface area contributed by atoms with E-state index < -0.39 is 16.5 Å². The van der Waals surface area contributed by atoms with Crippen LogP contribution in [0.5, 0.6) is 0 Å². The molecule has 0 aliphatic rings.